The number of hydrogen-bond donors (Lipinski definition) is 9. The van der Waals surface area contributed by atoms with E-state index in [0.29, 0.717) is 48.3 Å². The number of aromatic nitrogens is 1. The molecule has 0 aliphatic carbocycles. The van der Waals surface area contributed by atoms with Crippen molar-refractivity contribution >= 4 is 40.7 Å². The number of H-pyrrole nitrogens is 1. The van der Waals surface area contributed by atoms with Crippen molar-refractivity contribution in [1.29, 1.82) is 0 Å². The number of rotatable bonds is 16. The zero-order valence-corrected chi connectivity index (χ0v) is 40.4. The van der Waals surface area contributed by atoms with Gasteiger partial charge in [-0.15, -0.1) is 0 Å². The largest absolute Gasteiger partial charge is 0.506 e. The Labute approximate surface area is 417 Å². The summed E-state index contributed by atoms with van der Waals surface area (Å²) in [4.78, 5) is 62.0. The molecular weight excluding hydrogens is 973 g/mol. The average Bonchev–Trinajstić information content (AvgIpc) is 3.35. The highest BCUT2D eigenvalue weighted by molar-refractivity contribution is 5.91. The number of carbonyl (C=O) groups excluding carboxylic acids is 2. The number of para-hydroxylation sites is 1. The Bertz CT molecular complexity index is 2540. The van der Waals surface area contributed by atoms with Crippen LogP contribution in [0.25, 0.3) is 22.0 Å². The molecule has 5 aromatic rings. The van der Waals surface area contributed by atoms with Gasteiger partial charge in [-0.2, -0.15) is 26.3 Å². The molecule has 1 aromatic heterocycles. The molecule has 23 heteroatoms. The number of carboxylic acids is 2. The molecule has 1 fully saturated rings. The number of halogens is 6. The predicted octanol–water partition coefficient (Wildman–Crippen LogP) is 7.85. The van der Waals surface area contributed by atoms with Gasteiger partial charge >= 0.3 is 36.4 Å². The third-order valence-corrected chi connectivity index (χ3v) is 11.0. The van der Waals surface area contributed by atoms with E-state index in [1.54, 1.807) is 12.1 Å². The highest BCUT2D eigenvalue weighted by Gasteiger charge is 2.39. The van der Waals surface area contributed by atoms with E-state index in [9.17, 15) is 50.9 Å². The molecule has 398 valence electrons. The Hall–Kier alpha value is -7.21. The fraction of sp³-hybridized carbons (Fsp3) is 0.380. The van der Waals surface area contributed by atoms with E-state index in [2.05, 4.69) is 56.8 Å². The number of hydrogen-bond acceptors (Lipinski definition) is 11. The number of alkyl halides is 6. The Morgan fingerprint density at radius 3 is 1.92 bits per heavy atom. The maximum absolute atomic E-state index is 12.7. The number of carbonyl (C=O) groups is 4. The maximum Gasteiger partial charge on any atom is 0.490 e. The lowest BCUT2D eigenvalue weighted by Gasteiger charge is -2.31. The number of urea groups is 1. The number of anilines is 1. The number of amides is 3. The monoisotopic (exact) mass is 1030 g/mol. The summed E-state index contributed by atoms with van der Waals surface area (Å²) in [5, 5.41) is 47.8. The zero-order chi connectivity index (χ0) is 54.1. The van der Waals surface area contributed by atoms with Crippen LogP contribution >= 0.6 is 0 Å². The molecule has 1 aliphatic heterocycles. The van der Waals surface area contributed by atoms with Crippen LogP contribution in [0.1, 0.15) is 56.4 Å². The first-order valence-corrected chi connectivity index (χ1v) is 23.1. The van der Waals surface area contributed by atoms with Crippen molar-refractivity contribution in [1.82, 2.24) is 30.7 Å². The van der Waals surface area contributed by atoms with Gasteiger partial charge in [0.25, 0.3) is 0 Å². The number of aromatic hydroxyl groups is 1. The highest BCUT2D eigenvalue weighted by atomic mass is 19.4. The fourth-order valence-corrected chi connectivity index (χ4v) is 7.11. The standard InChI is InChI=1S/C40H44N6O6.C6H15N.2C2HF3O2/c47-35-15-13-32(33-14-16-37(49)45-38(33)35)36(48)26-41-24-27-7-6-8-28(23-27)25-43-39(50)42-19-22-46-20-17-30(18-21-46)52-40(51)44-34-12-5-4-11-31(34)29-9-2-1-3-10-29;1-4-7(5-2)6-3;2*3-2(4,5)1(6)7/h1-16,23,30,36,41,47-48H,17-22,24-26H2,(H,44,51)(H,45,49)(H2,42,43,50);4-6H2,1-3H3;2*(H,6,7)/t36-;;;/m0.../s1. The highest BCUT2D eigenvalue weighted by Crippen LogP contribution is 2.30. The number of aliphatic hydroxyl groups is 1. The van der Waals surface area contributed by atoms with E-state index in [4.69, 9.17) is 24.5 Å². The van der Waals surface area contributed by atoms with Gasteiger partial charge in [-0.3, -0.25) is 10.1 Å². The minimum absolute atomic E-state index is 0.0525. The van der Waals surface area contributed by atoms with E-state index in [1.165, 1.54) is 31.8 Å². The molecule has 73 heavy (non-hydrogen) atoms. The summed E-state index contributed by atoms with van der Waals surface area (Å²) in [5.41, 5.74) is 5.16. The number of aromatic amines is 1. The molecule has 0 radical (unpaired) electrons. The fourth-order valence-electron chi connectivity index (χ4n) is 7.11. The van der Waals surface area contributed by atoms with E-state index in [0.717, 1.165) is 48.2 Å². The SMILES string of the molecule is CCN(CC)CC.O=C(NCCN1CCC(OC(=O)Nc2ccccc2-c2ccccc2)CC1)NCc1cccc(CNC[C@H](O)c2ccc(O)c3[nH]c(=O)ccc23)c1.O=C(O)C(F)(F)F.O=C(O)C(F)(F)F. The zero-order valence-electron chi connectivity index (χ0n) is 40.4. The lowest BCUT2D eigenvalue weighted by atomic mass is 10.0. The molecule has 2 heterocycles. The van der Waals surface area contributed by atoms with E-state index in [-0.39, 0.29) is 30.0 Å². The first-order valence-electron chi connectivity index (χ1n) is 23.1. The number of carboxylic acid groups (broad SMARTS) is 2. The van der Waals surface area contributed by atoms with Gasteiger partial charge in [0, 0.05) is 62.8 Å². The second kappa shape index (κ2) is 30.0. The summed E-state index contributed by atoms with van der Waals surface area (Å²) in [6.07, 6.45) is -10.2. The van der Waals surface area contributed by atoms with Crippen molar-refractivity contribution in [2.75, 3.05) is 57.7 Å². The van der Waals surface area contributed by atoms with Gasteiger partial charge in [-0.25, -0.2) is 19.2 Å². The van der Waals surface area contributed by atoms with Crippen LogP contribution in [0.2, 0.25) is 0 Å². The van der Waals surface area contributed by atoms with Gasteiger partial charge < -0.3 is 55.9 Å². The third-order valence-electron chi connectivity index (χ3n) is 11.0. The molecule has 1 aliphatic rings. The quantitative estimate of drug-likeness (QED) is 0.0428. The number of aliphatic carboxylic acids is 2. The number of aliphatic hydroxyl groups excluding tert-OH is 1. The maximum atomic E-state index is 12.7. The number of benzene rings is 4. The number of fused-ring (bicyclic) bond motifs is 1. The number of nitrogens with one attached hydrogen (secondary N) is 5. The number of phenolic OH excluding ortho intramolecular Hbond substituents is 1. The number of phenols is 1. The van der Waals surface area contributed by atoms with Crippen LogP contribution in [0.5, 0.6) is 5.75 Å². The molecule has 1 atom stereocenters. The smallest absolute Gasteiger partial charge is 0.490 e. The molecule has 0 bridgehead atoms. The van der Waals surface area contributed by atoms with Crippen LogP contribution < -0.4 is 26.8 Å². The normalized spacial score (nSPS) is 13.2. The first kappa shape index (κ1) is 60.1. The summed E-state index contributed by atoms with van der Waals surface area (Å²) in [5.74, 6) is -5.57. The predicted molar refractivity (Wildman–Crippen MR) is 262 cm³/mol. The van der Waals surface area contributed by atoms with Gasteiger partial charge in [0.2, 0.25) is 5.56 Å². The molecule has 0 spiro atoms. The van der Waals surface area contributed by atoms with E-state index < -0.39 is 36.5 Å². The Morgan fingerprint density at radius 1 is 0.767 bits per heavy atom. The molecule has 0 unspecified atom stereocenters. The van der Waals surface area contributed by atoms with Crippen LogP contribution in [0.15, 0.2) is 108 Å². The first-order chi connectivity index (χ1) is 34.6. The summed E-state index contributed by atoms with van der Waals surface area (Å²) < 4.78 is 69.2. The second-order valence-corrected chi connectivity index (χ2v) is 16.1. The molecule has 6 rings (SSSR count). The van der Waals surface area contributed by atoms with Crippen molar-refractivity contribution in [3.8, 4) is 16.9 Å². The van der Waals surface area contributed by atoms with E-state index >= 15 is 0 Å². The van der Waals surface area contributed by atoms with Gasteiger partial charge in [0.05, 0.1) is 17.3 Å². The average molecular weight is 1030 g/mol. The van der Waals surface area contributed by atoms with E-state index in [1.807, 2.05) is 78.9 Å². The van der Waals surface area contributed by atoms with Crippen LogP contribution in [0.4, 0.5) is 41.6 Å². The van der Waals surface area contributed by atoms with Crippen LogP contribution in [0, 0.1) is 0 Å². The van der Waals surface area contributed by atoms with Crippen molar-refractivity contribution in [2.45, 2.75) is 71.3 Å². The number of ether oxygens (including phenoxy) is 1. The topological polar surface area (TPSA) is 246 Å². The summed E-state index contributed by atoms with van der Waals surface area (Å²) >= 11 is 0. The Kier molecular flexibility index (Phi) is 24.7. The molecule has 17 nitrogen and oxygen atoms in total. The van der Waals surface area contributed by atoms with Crippen LogP contribution in [0.3, 0.4) is 0 Å². The van der Waals surface area contributed by atoms with Crippen molar-refractivity contribution < 1.29 is 70.7 Å². The van der Waals surface area contributed by atoms with Gasteiger partial charge in [0.15, 0.2) is 0 Å². The lowest BCUT2D eigenvalue weighted by molar-refractivity contribution is -0.193. The van der Waals surface area contributed by atoms with Gasteiger partial charge in [0.1, 0.15) is 11.9 Å². The molecule has 4 aromatic carbocycles. The van der Waals surface area contributed by atoms with Crippen molar-refractivity contribution in [3.63, 3.8) is 0 Å². The summed E-state index contributed by atoms with van der Waals surface area (Å²) in [6, 6.07) is 31.2. The number of likely N-dealkylation sites (tertiary alicyclic amines) is 1. The van der Waals surface area contributed by atoms with Crippen LogP contribution in [-0.4, -0.2) is 130 Å². The lowest BCUT2D eigenvalue weighted by Crippen LogP contribution is -2.44. The van der Waals surface area contributed by atoms with Gasteiger partial charge in [-0.05, 0) is 72.9 Å². The van der Waals surface area contributed by atoms with Crippen molar-refractivity contribution in [2.24, 2.45) is 0 Å². The molecule has 9 N–H and O–H groups in total. The number of pyridine rings is 1. The molecule has 3 amide bonds. The van der Waals surface area contributed by atoms with Crippen molar-refractivity contribution in [3.05, 3.63) is 130 Å². The second-order valence-electron chi connectivity index (χ2n) is 16.1. The summed E-state index contributed by atoms with van der Waals surface area (Å²) in [7, 11) is 0. The Balaban J connectivity index is 0.000000560. The molecule has 0 saturated carbocycles. The Morgan fingerprint density at radius 2 is 1.34 bits per heavy atom. The number of nitrogens with zero attached hydrogens (tertiary/aromatic N) is 2. The number of piperidine rings is 1. The molecule has 1 saturated heterocycles. The van der Waals surface area contributed by atoms with Crippen LogP contribution in [-0.2, 0) is 27.4 Å². The summed E-state index contributed by atoms with van der Waals surface area (Å²) in [6.45, 7) is 14.0. The third kappa shape index (κ3) is 21.6. The van der Waals surface area contributed by atoms with Gasteiger partial charge in [-0.1, -0.05) is 99.6 Å². The minimum atomic E-state index is -5.08. The molecular formula is C50H61F6N7O10. The minimum Gasteiger partial charge on any atom is -0.506 e.